The molecular weight excluding hydrogens is 224 g/mol. The molecular formula is C15H36N2O. The van der Waals surface area contributed by atoms with Crippen LogP contribution in [0.5, 0.6) is 0 Å². The summed E-state index contributed by atoms with van der Waals surface area (Å²) in [6.07, 6.45) is 4.63. The molecule has 3 heteroatoms. The molecule has 2 unspecified atom stereocenters. The Hall–Kier alpha value is -0.120. The highest BCUT2D eigenvalue weighted by molar-refractivity contribution is 4.85. The van der Waals surface area contributed by atoms with Crippen molar-refractivity contribution < 1.29 is 5.11 Å². The first kappa shape index (κ1) is 20.2. The van der Waals surface area contributed by atoms with Crippen molar-refractivity contribution >= 4 is 0 Å². The van der Waals surface area contributed by atoms with Crippen molar-refractivity contribution in [3.63, 3.8) is 0 Å². The molecule has 1 rings (SSSR count). The standard InChI is InChI=1S/C11H24N2O.2C2H6/c1-3-4-5-8-13(2)9-10-11(14)6-7-12-10;2*1-2/h10-12,14H,3-9H2,1-2H3;2*1-2H3. The van der Waals surface area contributed by atoms with Crippen LogP contribution in [0.2, 0.25) is 0 Å². The predicted molar refractivity (Wildman–Crippen MR) is 82.1 cm³/mol. The maximum absolute atomic E-state index is 9.62. The zero-order chi connectivity index (χ0) is 14.4. The highest BCUT2D eigenvalue weighted by Gasteiger charge is 2.25. The summed E-state index contributed by atoms with van der Waals surface area (Å²) < 4.78 is 0. The molecule has 1 fully saturated rings. The number of unbranched alkanes of at least 4 members (excludes halogenated alkanes) is 2. The second-order valence-electron chi connectivity index (χ2n) is 4.39. The highest BCUT2D eigenvalue weighted by atomic mass is 16.3. The van der Waals surface area contributed by atoms with E-state index in [1.807, 2.05) is 27.7 Å². The van der Waals surface area contributed by atoms with Gasteiger partial charge in [-0.2, -0.15) is 0 Å². The number of likely N-dealkylation sites (N-methyl/N-ethyl adjacent to an activating group) is 1. The summed E-state index contributed by atoms with van der Waals surface area (Å²) >= 11 is 0. The maximum atomic E-state index is 9.62. The van der Waals surface area contributed by atoms with Crippen LogP contribution < -0.4 is 5.32 Å². The van der Waals surface area contributed by atoms with Crippen LogP contribution in [0.1, 0.15) is 60.3 Å². The first-order chi connectivity index (χ1) is 8.74. The molecule has 18 heavy (non-hydrogen) atoms. The van der Waals surface area contributed by atoms with Crippen LogP contribution in [0.4, 0.5) is 0 Å². The smallest absolute Gasteiger partial charge is 0.0717 e. The maximum Gasteiger partial charge on any atom is 0.0717 e. The Balaban J connectivity index is 0. The minimum atomic E-state index is -0.136. The molecule has 0 saturated carbocycles. The summed E-state index contributed by atoms with van der Waals surface area (Å²) in [5.41, 5.74) is 0. The van der Waals surface area contributed by atoms with Gasteiger partial charge in [-0.05, 0) is 33.0 Å². The molecule has 3 nitrogen and oxygen atoms in total. The second-order valence-corrected chi connectivity index (χ2v) is 4.39. The predicted octanol–water partition coefficient (Wildman–Crippen LogP) is 2.88. The summed E-state index contributed by atoms with van der Waals surface area (Å²) in [6.45, 7) is 13.3. The van der Waals surface area contributed by atoms with Gasteiger partial charge in [-0.1, -0.05) is 47.5 Å². The van der Waals surface area contributed by atoms with Crippen LogP contribution in [-0.4, -0.2) is 48.8 Å². The van der Waals surface area contributed by atoms with E-state index >= 15 is 0 Å². The van der Waals surface area contributed by atoms with E-state index in [1.165, 1.54) is 19.3 Å². The largest absolute Gasteiger partial charge is 0.391 e. The first-order valence-corrected chi connectivity index (χ1v) is 7.84. The van der Waals surface area contributed by atoms with E-state index in [1.54, 1.807) is 0 Å². The summed E-state index contributed by atoms with van der Waals surface area (Å²) in [4.78, 5) is 2.32. The molecule has 0 spiro atoms. The number of nitrogens with one attached hydrogen (secondary N) is 1. The van der Waals surface area contributed by atoms with Crippen molar-refractivity contribution in [1.29, 1.82) is 0 Å². The fourth-order valence-corrected chi connectivity index (χ4v) is 2.00. The molecule has 1 aliphatic rings. The number of hydrogen-bond acceptors (Lipinski definition) is 3. The van der Waals surface area contributed by atoms with Gasteiger partial charge >= 0.3 is 0 Å². The molecule has 1 saturated heterocycles. The molecule has 0 aromatic carbocycles. The zero-order valence-corrected chi connectivity index (χ0v) is 13.5. The van der Waals surface area contributed by atoms with Crippen molar-refractivity contribution in [3.8, 4) is 0 Å². The lowest BCUT2D eigenvalue weighted by Gasteiger charge is -2.23. The Morgan fingerprint density at radius 1 is 1.17 bits per heavy atom. The van der Waals surface area contributed by atoms with Crippen LogP contribution >= 0.6 is 0 Å². The molecule has 112 valence electrons. The van der Waals surface area contributed by atoms with E-state index in [0.29, 0.717) is 6.04 Å². The van der Waals surface area contributed by atoms with Gasteiger partial charge in [-0.3, -0.25) is 0 Å². The molecule has 0 aromatic rings. The van der Waals surface area contributed by atoms with Gasteiger partial charge in [0.05, 0.1) is 6.10 Å². The number of hydrogen-bond donors (Lipinski definition) is 2. The van der Waals surface area contributed by atoms with E-state index in [9.17, 15) is 5.11 Å². The Morgan fingerprint density at radius 2 is 1.78 bits per heavy atom. The van der Waals surface area contributed by atoms with Gasteiger partial charge in [0.1, 0.15) is 0 Å². The van der Waals surface area contributed by atoms with E-state index < -0.39 is 0 Å². The van der Waals surface area contributed by atoms with Crippen LogP contribution in [0, 0.1) is 0 Å². The number of rotatable bonds is 6. The molecule has 0 amide bonds. The van der Waals surface area contributed by atoms with Gasteiger partial charge in [0.25, 0.3) is 0 Å². The Morgan fingerprint density at radius 3 is 2.22 bits per heavy atom. The Bertz CT molecular complexity index is 153. The van der Waals surface area contributed by atoms with Gasteiger partial charge in [0.15, 0.2) is 0 Å². The number of nitrogens with zero attached hydrogens (tertiary/aromatic N) is 1. The van der Waals surface area contributed by atoms with Crippen LogP contribution in [0.25, 0.3) is 0 Å². The SMILES string of the molecule is CC.CC.CCCCCN(C)CC1NCCC1O. The van der Waals surface area contributed by atoms with E-state index in [2.05, 4.69) is 24.2 Å². The van der Waals surface area contributed by atoms with Gasteiger partial charge < -0.3 is 15.3 Å². The Kier molecular flexibility index (Phi) is 16.8. The molecule has 1 heterocycles. The third-order valence-corrected chi connectivity index (χ3v) is 2.96. The lowest BCUT2D eigenvalue weighted by Crippen LogP contribution is -2.41. The molecule has 0 aliphatic carbocycles. The van der Waals surface area contributed by atoms with E-state index in [0.717, 1.165) is 26.1 Å². The summed E-state index contributed by atoms with van der Waals surface area (Å²) in [5, 5.41) is 13.0. The van der Waals surface area contributed by atoms with Crippen molar-refractivity contribution in [1.82, 2.24) is 10.2 Å². The van der Waals surface area contributed by atoms with Crippen molar-refractivity contribution in [3.05, 3.63) is 0 Å². The minimum Gasteiger partial charge on any atom is -0.391 e. The average Bonchev–Trinajstić information content (AvgIpc) is 2.80. The molecule has 2 atom stereocenters. The first-order valence-electron chi connectivity index (χ1n) is 7.84. The quantitative estimate of drug-likeness (QED) is 0.721. The monoisotopic (exact) mass is 260 g/mol. The third kappa shape index (κ3) is 9.86. The van der Waals surface area contributed by atoms with Gasteiger partial charge in [-0.25, -0.2) is 0 Å². The summed E-state index contributed by atoms with van der Waals surface area (Å²) in [6, 6.07) is 0.293. The van der Waals surface area contributed by atoms with Gasteiger partial charge in [-0.15, -0.1) is 0 Å². The number of aliphatic hydroxyl groups is 1. The Labute approximate surface area is 115 Å². The average molecular weight is 260 g/mol. The van der Waals surface area contributed by atoms with Crippen molar-refractivity contribution in [2.75, 3.05) is 26.7 Å². The third-order valence-electron chi connectivity index (χ3n) is 2.96. The van der Waals surface area contributed by atoms with Crippen molar-refractivity contribution in [2.45, 2.75) is 72.4 Å². The second kappa shape index (κ2) is 14.9. The van der Waals surface area contributed by atoms with Gasteiger partial charge in [0, 0.05) is 12.6 Å². The van der Waals surface area contributed by atoms with Crippen LogP contribution in [0.15, 0.2) is 0 Å². The summed E-state index contributed by atoms with van der Waals surface area (Å²) in [5.74, 6) is 0. The normalized spacial score (nSPS) is 22.0. The summed E-state index contributed by atoms with van der Waals surface area (Å²) in [7, 11) is 2.14. The van der Waals surface area contributed by atoms with Crippen LogP contribution in [0.3, 0.4) is 0 Å². The van der Waals surface area contributed by atoms with Crippen LogP contribution in [-0.2, 0) is 0 Å². The lowest BCUT2D eigenvalue weighted by molar-refractivity contribution is 0.137. The fraction of sp³-hybridized carbons (Fsp3) is 1.00. The fourth-order valence-electron chi connectivity index (χ4n) is 2.00. The topological polar surface area (TPSA) is 35.5 Å². The molecule has 2 N–H and O–H groups in total. The van der Waals surface area contributed by atoms with Gasteiger partial charge in [0.2, 0.25) is 0 Å². The molecule has 0 aromatic heterocycles. The molecule has 1 aliphatic heterocycles. The lowest BCUT2D eigenvalue weighted by atomic mass is 10.1. The zero-order valence-electron chi connectivity index (χ0n) is 13.5. The number of aliphatic hydroxyl groups excluding tert-OH is 1. The highest BCUT2D eigenvalue weighted by Crippen LogP contribution is 2.08. The minimum absolute atomic E-state index is 0.136. The van der Waals surface area contributed by atoms with E-state index in [-0.39, 0.29) is 6.10 Å². The van der Waals surface area contributed by atoms with Crippen molar-refractivity contribution in [2.24, 2.45) is 0 Å². The van der Waals surface area contributed by atoms with E-state index in [4.69, 9.17) is 0 Å². The molecule has 0 radical (unpaired) electrons. The molecule has 0 bridgehead atoms.